The molecular formula is C21H24N4O2. The van der Waals surface area contributed by atoms with E-state index in [1.165, 1.54) is 18.9 Å². The van der Waals surface area contributed by atoms with Crippen LogP contribution in [0.25, 0.3) is 11.1 Å². The fraction of sp³-hybridized carbons (Fsp3) is 0.381. The van der Waals surface area contributed by atoms with Gasteiger partial charge in [-0.1, -0.05) is 6.58 Å². The van der Waals surface area contributed by atoms with Crippen LogP contribution in [0.3, 0.4) is 0 Å². The highest BCUT2D eigenvalue weighted by atomic mass is 16.2. The van der Waals surface area contributed by atoms with Crippen molar-refractivity contribution in [3.8, 4) is 11.1 Å². The summed E-state index contributed by atoms with van der Waals surface area (Å²) < 4.78 is 0. The van der Waals surface area contributed by atoms with Gasteiger partial charge in [-0.05, 0) is 55.5 Å². The molecule has 2 aromatic rings. The van der Waals surface area contributed by atoms with Gasteiger partial charge < -0.3 is 15.2 Å². The molecule has 0 bridgehead atoms. The zero-order valence-corrected chi connectivity index (χ0v) is 15.4. The Morgan fingerprint density at radius 2 is 2.11 bits per heavy atom. The molecule has 4 rings (SSSR count). The number of pyridine rings is 2. The fourth-order valence-electron chi connectivity index (χ4n) is 3.79. The van der Waals surface area contributed by atoms with Crippen LogP contribution < -0.4 is 10.9 Å². The van der Waals surface area contributed by atoms with Crippen molar-refractivity contribution >= 4 is 11.6 Å². The van der Waals surface area contributed by atoms with Gasteiger partial charge in [0.25, 0.3) is 5.56 Å². The second-order valence-electron chi connectivity index (χ2n) is 7.53. The lowest BCUT2D eigenvalue weighted by Crippen LogP contribution is -2.56. The van der Waals surface area contributed by atoms with Gasteiger partial charge in [0.1, 0.15) is 5.69 Å². The SMILES string of the molecule is C=CC(=O)N1CC(C(Nc2cc(-c3ccnc(C)c3)c[nH]c2=O)C2CC2)C1. The number of hydrogen-bond acceptors (Lipinski definition) is 4. The van der Waals surface area contributed by atoms with Crippen molar-refractivity contribution in [2.45, 2.75) is 25.8 Å². The van der Waals surface area contributed by atoms with E-state index >= 15 is 0 Å². The number of carbonyl (C=O) groups excluding carboxylic acids is 1. The molecule has 0 spiro atoms. The van der Waals surface area contributed by atoms with Crippen LogP contribution in [0.1, 0.15) is 18.5 Å². The maximum atomic E-state index is 12.4. The van der Waals surface area contributed by atoms with Gasteiger partial charge in [0, 0.05) is 48.7 Å². The molecule has 0 aromatic carbocycles. The van der Waals surface area contributed by atoms with E-state index in [9.17, 15) is 9.59 Å². The number of rotatable bonds is 6. The Bertz CT molecular complexity index is 926. The molecule has 6 nitrogen and oxygen atoms in total. The van der Waals surface area contributed by atoms with Crippen molar-refractivity contribution < 1.29 is 4.79 Å². The number of nitrogens with one attached hydrogen (secondary N) is 2. The van der Waals surface area contributed by atoms with E-state index in [2.05, 4.69) is 21.9 Å². The third kappa shape index (κ3) is 3.65. The topological polar surface area (TPSA) is 78.1 Å². The summed E-state index contributed by atoms with van der Waals surface area (Å²) in [5, 5.41) is 3.49. The van der Waals surface area contributed by atoms with Gasteiger partial charge in [-0.3, -0.25) is 14.6 Å². The lowest BCUT2D eigenvalue weighted by molar-refractivity contribution is -0.132. The first-order valence-corrected chi connectivity index (χ1v) is 9.39. The molecule has 1 aliphatic heterocycles. The largest absolute Gasteiger partial charge is 0.377 e. The van der Waals surface area contributed by atoms with E-state index in [1.807, 2.05) is 25.1 Å². The third-order valence-corrected chi connectivity index (χ3v) is 5.49. The van der Waals surface area contributed by atoms with Crippen LogP contribution >= 0.6 is 0 Å². The Kier molecular flexibility index (Phi) is 4.56. The third-order valence-electron chi connectivity index (χ3n) is 5.49. The van der Waals surface area contributed by atoms with Crippen molar-refractivity contribution in [1.82, 2.24) is 14.9 Å². The second kappa shape index (κ2) is 7.02. The zero-order valence-electron chi connectivity index (χ0n) is 15.4. The van der Waals surface area contributed by atoms with Crippen molar-refractivity contribution in [2.75, 3.05) is 18.4 Å². The van der Waals surface area contributed by atoms with Crippen molar-refractivity contribution in [1.29, 1.82) is 0 Å². The van der Waals surface area contributed by atoms with Crippen LogP contribution in [0.15, 0.2) is 48.0 Å². The second-order valence-corrected chi connectivity index (χ2v) is 7.53. The molecule has 1 saturated carbocycles. The maximum absolute atomic E-state index is 12.4. The summed E-state index contributed by atoms with van der Waals surface area (Å²) >= 11 is 0. The molecule has 140 valence electrons. The highest BCUT2D eigenvalue weighted by Gasteiger charge is 2.43. The van der Waals surface area contributed by atoms with E-state index in [4.69, 9.17) is 0 Å². The van der Waals surface area contributed by atoms with Gasteiger partial charge >= 0.3 is 0 Å². The Morgan fingerprint density at radius 3 is 2.78 bits per heavy atom. The van der Waals surface area contributed by atoms with E-state index in [0.717, 1.165) is 29.9 Å². The number of aromatic nitrogens is 2. The molecule has 2 aromatic heterocycles. The molecule has 6 heteroatoms. The summed E-state index contributed by atoms with van der Waals surface area (Å²) in [4.78, 5) is 33.0. The van der Waals surface area contributed by atoms with Gasteiger partial charge in [0.05, 0.1) is 0 Å². The number of carbonyl (C=O) groups is 1. The average molecular weight is 364 g/mol. The van der Waals surface area contributed by atoms with Crippen molar-refractivity contribution in [2.24, 2.45) is 11.8 Å². The standard InChI is InChI=1S/C21H24N4O2/c1-3-19(26)25-11-17(12-25)20(14-4-5-14)24-18-9-16(10-23-21(18)27)15-6-7-22-13(2)8-15/h3,6-10,14,17,20,24H,1,4-5,11-12H2,2H3,(H,23,27). The first-order valence-electron chi connectivity index (χ1n) is 9.39. The van der Waals surface area contributed by atoms with E-state index < -0.39 is 0 Å². The number of likely N-dealkylation sites (tertiary alicyclic amines) is 1. The van der Waals surface area contributed by atoms with Gasteiger partial charge in [-0.2, -0.15) is 0 Å². The number of hydrogen-bond donors (Lipinski definition) is 2. The van der Waals surface area contributed by atoms with Crippen LogP contribution in [-0.2, 0) is 4.79 Å². The molecular weight excluding hydrogens is 340 g/mol. The Hall–Kier alpha value is -2.89. The Balaban J connectivity index is 1.54. The quantitative estimate of drug-likeness (QED) is 0.773. The molecule has 1 aliphatic carbocycles. The van der Waals surface area contributed by atoms with Crippen LogP contribution in [-0.4, -0.2) is 39.9 Å². The summed E-state index contributed by atoms with van der Waals surface area (Å²) in [5.41, 5.74) is 3.39. The van der Waals surface area contributed by atoms with Crippen LogP contribution in [0.2, 0.25) is 0 Å². The van der Waals surface area contributed by atoms with E-state index in [0.29, 0.717) is 17.5 Å². The molecule has 1 saturated heterocycles. The number of aryl methyl sites for hydroxylation is 1. The van der Waals surface area contributed by atoms with Gasteiger partial charge in [-0.15, -0.1) is 0 Å². The van der Waals surface area contributed by atoms with Crippen molar-refractivity contribution in [3.05, 3.63) is 59.3 Å². The van der Waals surface area contributed by atoms with Crippen LogP contribution in [0.5, 0.6) is 0 Å². The summed E-state index contributed by atoms with van der Waals surface area (Å²) in [7, 11) is 0. The van der Waals surface area contributed by atoms with Gasteiger partial charge in [0.15, 0.2) is 0 Å². The molecule has 27 heavy (non-hydrogen) atoms. The van der Waals surface area contributed by atoms with E-state index in [-0.39, 0.29) is 17.5 Å². The zero-order chi connectivity index (χ0) is 19.0. The van der Waals surface area contributed by atoms with Crippen molar-refractivity contribution in [3.63, 3.8) is 0 Å². The first kappa shape index (κ1) is 17.5. The lowest BCUT2D eigenvalue weighted by Gasteiger charge is -2.43. The summed E-state index contributed by atoms with van der Waals surface area (Å²) in [6.45, 7) is 6.94. The molecule has 1 atom stereocenters. The molecule has 2 aliphatic rings. The monoisotopic (exact) mass is 364 g/mol. The Morgan fingerprint density at radius 1 is 1.33 bits per heavy atom. The fourth-order valence-corrected chi connectivity index (χ4v) is 3.79. The molecule has 1 unspecified atom stereocenters. The highest BCUT2D eigenvalue weighted by Crippen LogP contribution is 2.40. The van der Waals surface area contributed by atoms with Crippen LogP contribution in [0.4, 0.5) is 5.69 Å². The predicted molar refractivity (Wildman–Crippen MR) is 105 cm³/mol. The minimum absolute atomic E-state index is 0.0197. The lowest BCUT2D eigenvalue weighted by atomic mass is 9.88. The minimum Gasteiger partial charge on any atom is -0.377 e. The Labute approximate surface area is 158 Å². The van der Waals surface area contributed by atoms with Gasteiger partial charge in [0.2, 0.25) is 5.91 Å². The maximum Gasteiger partial charge on any atom is 0.271 e. The first-order chi connectivity index (χ1) is 13.0. The van der Waals surface area contributed by atoms with E-state index in [1.54, 1.807) is 17.3 Å². The highest BCUT2D eigenvalue weighted by molar-refractivity contribution is 5.87. The molecule has 2 fully saturated rings. The van der Waals surface area contributed by atoms with Crippen LogP contribution in [0, 0.1) is 18.8 Å². The molecule has 3 heterocycles. The number of H-pyrrole nitrogens is 1. The number of amides is 1. The summed E-state index contributed by atoms with van der Waals surface area (Å²) in [6, 6.07) is 6.07. The number of nitrogens with zero attached hydrogens (tertiary/aromatic N) is 2. The minimum atomic E-state index is -0.117. The molecule has 0 radical (unpaired) electrons. The number of aromatic amines is 1. The molecule has 2 N–H and O–H groups in total. The smallest absolute Gasteiger partial charge is 0.271 e. The predicted octanol–water partition coefficient (Wildman–Crippen LogP) is 2.58. The van der Waals surface area contributed by atoms with Gasteiger partial charge in [-0.25, -0.2) is 0 Å². The summed E-state index contributed by atoms with van der Waals surface area (Å²) in [5.74, 6) is 0.920. The number of anilines is 1. The normalized spacial score (nSPS) is 17.9. The molecule has 1 amide bonds. The average Bonchev–Trinajstić information content (AvgIpc) is 3.46. The summed E-state index contributed by atoms with van der Waals surface area (Å²) in [6.07, 6.45) is 7.22.